The second-order valence-corrected chi connectivity index (χ2v) is 5.03. The molecule has 1 aliphatic rings. The van der Waals surface area contributed by atoms with Crippen molar-refractivity contribution in [3.63, 3.8) is 0 Å². The van der Waals surface area contributed by atoms with Crippen molar-refractivity contribution in [1.29, 1.82) is 0 Å². The van der Waals surface area contributed by atoms with E-state index in [9.17, 15) is 17.6 Å². The summed E-state index contributed by atoms with van der Waals surface area (Å²) in [6, 6.07) is 3.06. The fourth-order valence-corrected chi connectivity index (χ4v) is 2.65. The normalized spacial score (nSPS) is 18.5. The molecule has 1 aromatic carbocycles. The molecule has 116 valence electrons. The molecule has 1 aliphatic heterocycles. The maximum Gasteiger partial charge on any atom is 0.419 e. The SMILES string of the molecule is C=CC[C@H](c1cccc(C(F)(F)F)c1F)N1CCNCC1. The van der Waals surface area contributed by atoms with Crippen molar-refractivity contribution in [3.8, 4) is 0 Å². The number of hydrogen-bond donors (Lipinski definition) is 1. The highest BCUT2D eigenvalue weighted by molar-refractivity contribution is 5.31. The predicted molar refractivity (Wildman–Crippen MR) is 73.4 cm³/mol. The Morgan fingerprint density at radius 1 is 1.29 bits per heavy atom. The van der Waals surface area contributed by atoms with Gasteiger partial charge in [0.1, 0.15) is 5.82 Å². The highest BCUT2D eigenvalue weighted by atomic mass is 19.4. The van der Waals surface area contributed by atoms with Crippen molar-refractivity contribution in [2.24, 2.45) is 0 Å². The number of piperazine rings is 1. The summed E-state index contributed by atoms with van der Waals surface area (Å²) < 4.78 is 52.8. The van der Waals surface area contributed by atoms with Gasteiger partial charge >= 0.3 is 6.18 Å². The molecule has 0 unspecified atom stereocenters. The van der Waals surface area contributed by atoms with Crippen LogP contribution < -0.4 is 5.32 Å². The maximum absolute atomic E-state index is 14.3. The standard InChI is InChI=1S/C15H18F4N2/c1-2-4-13(21-9-7-20-8-10-21)11-5-3-6-12(14(11)16)15(17,18)19/h2-3,5-6,13,20H,1,4,7-10H2/t13-/m1/s1. The number of benzene rings is 1. The smallest absolute Gasteiger partial charge is 0.314 e. The molecule has 21 heavy (non-hydrogen) atoms. The summed E-state index contributed by atoms with van der Waals surface area (Å²) in [7, 11) is 0. The first-order chi connectivity index (χ1) is 9.95. The minimum absolute atomic E-state index is 0.0895. The van der Waals surface area contributed by atoms with Gasteiger partial charge < -0.3 is 5.32 Å². The third-order valence-corrected chi connectivity index (χ3v) is 3.68. The zero-order valence-electron chi connectivity index (χ0n) is 11.6. The van der Waals surface area contributed by atoms with E-state index < -0.39 is 23.6 Å². The molecule has 0 radical (unpaired) electrons. The minimum atomic E-state index is -4.68. The first-order valence-electron chi connectivity index (χ1n) is 6.86. The first kappa shape index (κ1) is 16.0. The lowest BCUT2D eigenvalue weighted by atomic mass is 9.98. The Bertz CT molecular complexity index is 493. The van der Waals surface area contributed by atoms with E-state index in [-0.39, 0.29) is 5.56 Å². The third kappa shape index (κ3) is 3.63. The van der Waals surface area contributed by atoms with Crippen LogP contribution in [0, 0.1) is 5.82 Å². The quantitative estimate of drug-likeness (QED) is 0.677. The molecule has 1 aromatic rings. The van der Waals surface area contributed by atoms with Gasteiger partial charge in [-0.15, -0.1) is 6.58 Å². The molecule has 1 N–H and O–H groups in total. The Morgan fingerprint density at radius 3 is 2.52 bits per heavy atom. The molecule has 0 bridgehead atoms. The lowest BCUT2D eigenvalue weighted by molar-refractivity contribution is -0.140. The molecular weight excluding hydrogens is 284 g/mol. The number of nitrogens with zero attached hydrogens (tertiary/aromatic N) is 1. The van der Waals surface area contributed by atoms with Crippen LogP contribution in [-0.2, 0) is 6.18 Å². The minimum Gasteiger partial charge on any atom is -0.314 e. The zero-order chi connectivity index (χ0) is 15.5. The molecule has 0 aromatic heterocycles. The lowest BCUT2D eigenvalue weighted by Crippen LogP contribution is -2.45. The van der Waals surface area contributed by atoms with Gasteiger partial charge in [0.15, 0.2) is 0 Å². The largest absolute Gasteiger partial charge is 0.419 e. The van der Waals surface area contributed by atoms with Gasteiger partial charge in [0, 0.05) is 37.8 Å². The van der Waals surface area contributed by atoms with E-state index in [0.717, 1.165) is 19.2 Å². The van der Waals surface area contributed by atoms with Gasteiger partial charge in [-0.05, 0) is 12.5 Å². The fourth-order valence-electron chi connectivity index (χ4n) is 2.65. The second-order valence-electron chi connectivity index (χ2n) is 5.03. The van der Waals surface area contributed by atoms with Gasteiger partial charge in [0.05, 0.1) is 5.56 Å². The molecule has 6 heteroatoms. The molecule has 1 saturated heterocycles. The van der Waals surface area contributed by atoms with Crippen molar-refractivity contribution in [1.82, 2.24) is 10.2 Å². The van der Waals surface area contributed by atoms with Crippen LogP contribution in [0.5, 0.6) is 0 Å². The molecule has 1 heterocycles. The summed E-state index contributed by atoms with van der Waals surface area (Å²) in [5, 5.41) is 3.17. The maximum atomic E-state index is 14.3. The van der Waals surface area contributed by atoms with E-state index in [1.165, 1.54) is 12.1 Å². The van der Waals surface area contributed by atoms with Crippen molar-refractivity contribution in [2.75, 3.05) is 26.2 Å². The van der Waals surface area contributed by atoms with Crippen LogP contribution in [0.15, 0.2) is 30.9 Å². The predicted octanol–water partition coefficient (Wildman–Crippen LogP) is 3.37. The van der Waals surface area contributed by atoms with Gasteiger partial charge in [-0.3, -0.25) is 4.90 Å². The van der Waals surface area contributed by atoms with Gasteiger partial charge in [0.25, 0.3) is 0 Å². The topological polar surface area (TPSA) is 15.3 Å². The molecule has 1 fully saturated rings. The number of hydrogen-bond acceptors (Lipinski definition) is 2. The highest BCUT2D eigenvalue weighted by Crippen LogP contribution is 2.36. The van der Waals surface area contributed by atoms with Crippen molar-refractivity contribution >= 4 is 0 Å². The molecule has 2 rings (SSSR count). The number of rotatable bonds is 4. The Hall–Kier alpha value is -1.40. The fraction of sp³-hybridized carbons (Fsp3) is 0.467. The summed E-state index contributed by atoms with van der Waals surface area (Å²) >= 11 is 0. The molecule has 0 spiro atoms. The summed E-state index contributed by atoms with van der Waals surface area (Å²) in [5.41, 5.74) is -1.11. The summed E-state index contributed by atoms with van der Waals surface area (Å²) in [5.74, 6) is -1.17. The number of nitrogens with one attached hydrogen (secondary N) is 1. The van der Waals surface area contributed by atoms with E-state index in [4.69, 9.17) is 0 Å². The number of halogens is 4. The van der Waals surface area contributed by atoms with Crippen molar-refractivity contribution < 1.29 is 17.6 Å². The van der Waals surface area contributed by atoms with Crippen LogP contribution in [0.1, 0.15) is 23.6 Å². The molecule has 0 saturated carbocycles. The third-order valence-electron chi connectivity index (χ3n) is 3.68. The summed E-state index contributed by atoms with van der Waals surface area (Å²) in [4.78, 5) is 2.00. The first-order valence-corrected chi connectivity index (χ1v) is 6.86. The van der Waals surface area contributed by atoms with Gasteiger partial charge in [-0.25, -0.2) is 4.39 Å². The van der Waals surface area contributed by atoms with Crippen LogP contribution in [0.3, 0.4) is 0 Å². The molecule has 0 amide bonds. The van der Waals surface area contributed by atoms with Gasteiger partial charge in [-0.2, -0.15) is 13.2 Å². The Kier molecular flexibility index (Phi) is 5.00. The van der Waals surface area contributed by atoms with Crippen LogP contribution in [0.4, 0.5) is 17.6 Å². The monoisotopic (exact) mass is 302 g/mol. The molecule has 2 nitrogen and oxygen atoms in total. The van der Waals surface area contributed by atoms with Gasteiger partial charge in [0.2, 0.25) is 0 Å². The highest BCUT2D eigenvalue weighted by Gasteiger charge is 2.36. The average molecular weight is 302 g/mol. The van der Waals surface area contributed by atoms with Gasteiger partial charge in [-0.1, -0.05) is 18.2 Å². The van der Waals surface area contributed by atoms with E-state index in [0.29, 0.717) is 19.5 Å². The van der Waals surface area contributed by atoms with E-state index in [1.54, 1.807) is 6.08 Å². The Morgan fingerprint density at radius 2 is 1.95 bits per heavy atom. The van der Waals surface area contributed by atoms with Crippen molar-refractivity contribution in [2.45, 2.75) is 18.6 Å². The Labute approximate surface area is 121 Å². The summed E-state index contributed by atoms with van der Waals surface area (Å²) in [6.45, 7) is 6.47. The molecule has 1 atom stereocenters. The van der Waals surface area contributed by atoms with E-state index in [2.05, 4.69) is 11.9 Å². The van der Waals surface area contributed by atoms with Crippen LogP contribution in [0.2, 0.25) is 0 Å². The zero-order valence-corrected chi connectivity index (χ0v) is 11.6. The van der Waals surface area contributed by atoms with Crippen LogP contribution in [-0.4, -0.2) is 31.1 Å². The summed E-state index contributed by atoms with van der Waals surface area (Å²) in [6.07, 6.45) is -2.65. The van der Waals surface area contributed by atoms with Crippen LogP contribution in [0.25, 0.3) is 0 Å². The second kappa shape index (κ2) is 6.58. The number of alkyl halides is 3. The average Bonchev–Trinajstić information content (AvgIpc) is 2.45. The Balaban J connectivity index is 2.38. The van der Waals surface area contributed by atoms with E-state index in [1.807, 2.05) is 4.90 Å². The molecule has 0 aliphatic carbocycles. The van der Waals surface area contributed by atoms with Crippen molar-refractivity contribution in [3.05, 3.63) is 47.8 Å². The van der Waals surface area contributed by atoms with Crippen LogP contribution >= 0.6 is 0 Å². The lowest BCUT2D eigenvalue weighted by Gasteiger charge is -2.35. The molecular formula is C15H18F4N2. The van der Waals surface area contributed by atoms with E-state index >= 15 is 0 Å².